The summed E-state index contributed by atoms with van der Waals surface area (Å²) >= 11 is 0. The molecule has 1 aliphatic heterocycles. The highest BCUT2D eigenvalue weighted by molar-refractivity contribution is 5.95. The van der Waals surface area contributed by atoms with Crippen molar-refractivity contribution in [3.63, 3.8) is 0 Å². The molecule has 0 unspecified atom stereocenters. The van der Waals surface area contributed by atoms with Crippen LogP contribution in [0, 0.1) is 6.92 Å². The van der Waals surface area contributed by atoms with Crippen LogP contribution in [0.1, 0.15) is 41.5 Å². The molecule has 35 heavy (non-hydrogen) atoms. The Morgan fingerprint density at radius 2 is 2.06 bits per heavy atom. The Labute approximate surface area is 201 Å². The van der Waals surface area contributed by atoms with E-state index in [1.165, 1.54) is 0 Å². The third-order valence-electron chi connectivity index (χ3n) is 6.79. The smallest absolute Gasteiger partial charge is 0.241 e. The van der Waals surface area contributed by atoms with Gasteiger partial charge >= 0.3 is 0 Å². The fourth-order valence-electron chi connectivity index (χ4n) is 5.02. The van der Waals surface area contributed by atoms with E-state index in [1.807, 2.05) is 25.1 Å². The Hall–Kier alpha value is -4.08. The Morgan fingerprint density at radius 3 is 2.94 bits per heavy atom. The van der Waals surface area contributed by atoms with Crippen molar-refractivity contribution in [2.45, 2.75) is 45.3 Å². The molecular weight excluding hydrogens is 447 g/mol. The summed E-state index contributed by atoms with van der Waals surface area (Å²) in [4.78, 5) is 25.4. The fourth-order valence-corrected chi connectivity index (χ4v) is 5.02. The second kappa shape index (κ2) is 8.30. The van der Waals surface area contributed by atoms with E-state index < -0.39 is 6.17 Å². The van der Waals surface area contributed by atoms with E-state index in [0.29, 0.717) is 48.1 Å². The number of carbonyl (C=O) groups is 1. The van der Waals surface area contributed by atoms with Gasteiger partial charge in [0.05, 0.1) is 5.69 Å². The van der Waals surface area contributed by atoms with E-state index in [4.69, 9.17) is 5.73 Å². The van der Waals surface area contributed by atoms with Gasteiger partial charge in [0, 0.05) is 59.3 Å². The Morgan fingerprint density at radius 1 is 1.17 bits per heavy atom. The number of halogens is 1. The number of amides is 1. The molecular formula is C25H25FN8O. The third kappa shape index (κ3) is 3.84. The summed E-state index contributed by atoms with van der Waals surface area (Å²) in [6.07, 6.45) is 5.30. The average Bonchev–Trinajstić information content (AvgIpc) is 3.10. The van der Waals surface area contributed by atoms with Crippen LogP contribution < -0.4 is 16.4 Å². The van der Waals surface area contributed by atoms with Gasteiger partial charge in [0.2, 0.25) is 5.91 Å². The maximum absolute atomic E-state index is 14.7. The second-order valence-electron chi connectivity index (χ2n) is 9.10. The lowest BCUT2D eigenvalue weighted by atomic mass is 9.88. The average molecular weight is 473 g/mol. The monoisotopic (exact) mass is 472 g/mol. The molecule has 1 amide bonds. The Bertz CT molecular complexity index is 1480. The molecule has 1 atom stereocenters. The van der Waals surface area contributed by atoms with Gasteiger partial charge in [-0.15, -0.1) is 0 Å². The topological polar surface area (TPSA) is 124 Å². The molecule has 4 aromatic rings. The van der Waals surface area contributed by atoms with Crippen LogP contribution in [0.15, 0.2) is 30.6 Å². The molecule has 4 aromatic heterocycles. The minimum atomic E-state index is -1.000. The quantitative estimate of drug-likeness (QED) is 0.417. The maximum atomic E-state index is 14.7. The molecule has 5 heterocycles. The molecule has 0 saturated carbocycles. The summed E-state index contributed by atoms with van der Waals surface area (Å²) in [5.74, 6) is 1.51. The highest BCUT2D eigenvalue weighted by atomic mass is 19.1. The first kappa shape index (κ1) is 21.5. The van der Waals surface area contributed by atoms with Crippen molar-refractivity contribution in [2.75, 3.05) is 17.6 Å². The zero-order chi connectivity index (χ0) is 24.1. The number of pyridine rings is 3. The van der Waals surface area contributed by atoms with E-state index >= 15 is 0 Å². The summed E-state index contributed by atoms with van der Waals surface area (Å²) in [6.45, 7) is 2.72. The minimum absolute atomic E-state index is 0.0521. The van der Waals surface area contributed by atoms with Gasteiger partial charge in [-0.2, -0.15) is 5.10 Å². The van der Waals surface area contributed by atoms with Crippen molar-refractivity contribution >= 4 is 34.1 Å². The van der Waals surface area contributed by atoms with E-state index in [-0.39, 0.29) is 12.5 Å². The van der Waals surface area contributed by atoms with Crippen LogP contribution in [0.3, 0.4) is 0 Å². The number of anilines is 3. The highest BCUT2D eigenvalue weighted by Crippen LogP contribution is 2.38. The maximum Gasteiger partial charge on any atom is 0.241 e. The van der Waals surface area contributed by atoms with Crippen molar-refractivity contribution in [1.29, 1.82) is 0 Å². The van der Waals surface area contributed by atoms with Crippen molar-refractivity contribution in [3.8, 4) is 11.3 Å². The number of alkyl halides is 1. The van der Waals surface area contributed by atoms with E-state index in [2.05, 4.69) is 30.7 Å². The summed E-state index contributed by atoms with van der Waals surface area (Å²) in [5, 5.41) is 12.1. The molecule has 0 bridgehead atoms. The fraction of sp³-hybridized carbons (Fsp3) is 0.320. The van der Waals surface area contributed by atoms with Crippen molar-refractivity contribution in [1.82, 2.24) is 30.0 Å². The third-order valence-corrected chi connectivity index (χ3v) is 6.79. The number of nitrogens with two attached hydrogens (primary N) is 1. The zero-order valence-electron chi connectivity index (χ0n) is 19.3. The molecule has 1 aliphatic carbocycles. The predicted molar refractivity (Wildman–Crippen MR) is 131 cm³/mol. The summed E-state index contributed by atoms with van der Waals surface area (Å²) in [5.41, 5.74) is 11.1. The highest BCUT2D eigenvalue weighted by Gasteiger charge is 2.25. The number of nitrogens with zero attached hydrogens (tertiary/aromatic N) is 5. The number of rotatable bonds is 3. The number of fused-ring (bicyclic) bond motifs is 3. The molecule has 0 fully saturated rings. The minimum Gasteiger partial charge on any atom is -0.383 e. The molecule has 0 spiro atoms. The molecule has 9 nitrogen and oxygen atoms in total. The van der Waals surface area contributed by atoms with Crippen LogP contribution in [0.25, 0.3) is 22.0 Å². The van der Waals surface area contributed by atoms with Crippen LogP contribution in [0.2, 0.25) is 0 Å². The first-order valence-electron chi connectivity index (χ1n) is 11.8. The largest absolute Gasteiger partial charge is 0.383 e. The number of aryl methyl sites for hydroxylation is 1. The van der Waals surface area contributed by atoms with Crippen molar-refractivity contribution in [2.24, 2.45) is 0 Å². The van der Waals surface area contributed by atoms with Gasteiger partial charge < -0.3 is 16.4 Å². The molecule has 0 radical (unpaired) electrons. The molecule has 0 saturated heterocycles. The number of hydrogen-bond acceptors (Lipinski definition) is 7. The first-order chi connectivity index (χ1) is 17.0. The normalized spacial score (nSPS) is 17.4. The van der Waals surface area contributed by atoms with Crippen LogP contribution in [0.5, 0.6) is 0 Å². The lowest BCUT2D eigenvalue weighted by molar-refractivity contribution is -0.121. The van der Waals surface area contributed by atoms with Crippen molar-refractivity contribution in [3.05, 3.63) is 53.1 Å². The summed E-state index contributed by atoms with van der Waals surface area (Å²) in [7, 11) is 0. The van der Waals surface area contributed by atoms with Gasteiger partial charge in [-0.25, -0.2) is 14.4 Å². The van der Waals surface area contributed by atoms with E-state index in [1.54, 1.807) is 17.1 Å². The van der Waals surface area contributed by atoms with Gasteiger partial charge in [0.15, 0.2) is 5.82 Å². The molecule has 10 heteroatoms. The van der Waals surface area contributed by atoms with Gasteiger partial charge in [0.1, 0.15) is 24.4 Å². The second-order valence-corrected chi connectivity index (χ2v) is 9.10. The lowest BCUT2D eigenvalue weighted by Crippen LogP contribution is -2.25. The Balaban J connectivity index is 1.36. The number of hydrogen-bond donors (Lipinski definition) is 3. The summed E-state index contributed by atoms with van der Waals surface area (Å²) in [6, 6.07) is 5.74. The van der Waals surface area contributed by atoms with Gasteiger partial charge in [-0.1, -0.05) is 0 Å². The van der Waals surface area contributed by atoms with Crippen LogP contribution in [-0.2, 0) is 24.2 Å². The standard InChI is InChI=1S/C25H25FN8O/c1-13-16(10-29-19-4-2-3-18(26)24(13)19)20-7-14-8-21(30-11-17(14)25(27)31-20)32-22-9-15-5-6-28-23(35)12-34(15)33-22/h7-11,18H,2-6,12H2,1H3,(H2,27,31)(H,28,35)(H,30,32,33)/t18-/m1/s1. The molecule has 2 aliphatic rings. The zero-order valence-corrected chi connectivity index (χ0v) is 19.3. The Kier molecular flexibility index (Phi) is 5.09. The summed E-state index contributed by atoms with van der Waals surface area (Å²) < 4.78 is 16.4. The predicted octanol–water partition coefficient (Wildman–Crippen LogP) is 3.54. The van der Waals surface area contributed by atoms with Gasteiger partial charge in [-0.05, 0) is 49.3 Å². The molecule has 178 valence electrons. The molecule has 0 aromatic carbocycles. The van der Waals surface area contributed by atoms with Crippen LogP contribution >= 0.6 is 0 Å². The lowest BCUT2D eigenvalue weighted by Gasteiger charge is -2.22. The SMILES string of the molecule is Cc1c(-c2cc3cc(Nc4cc5n(n4)CC(=O)NCC5)ncc3c(N)n2)cnc2c1[C@H](F)CCC2. The molecule has 6 rings (SSSR count). The number of nitrogens with one attached hydrogen (secondary N) is 2. The van der Waals surface area contributed by atoms with Crippen molar-refractivity contribution < 1.29 is 9.18 Å². The van der Waals surface area contributed by atoms with E-state index in [0.717, 1.165) is 46.1 Å². The first-order valence-corrected chi connectivity index (χ1v) is 11.8. The van der Waals surface area contributed by atoms with E-state index in [9.17, 15) is 9.18 Å². The van der Waals surface area contributed by atoms with Crippen LogP contribution in [-0.4, -0.2) is 37.2 Å². The number of nitrogen functional groups attached to an aromatic ring is 1. The number of aromatic nitrogens is 5. The van der Waals surface area contributed by atoms with Gasteiger partial charge in [-0.3, -0.25) is 14.5 Å². The van der Waals surface area contributed by atoms with Crippen LogP contribution in [0.4, 0.5) is 21.8 Å². The van der Waals surface area contributed by atoms with Gasteiger partial charge in [0.25, 0.3) is 0 Å². The molecule has 4 N–H and O–H groups in total. The number of carbonyl (C=O) groups excluding carboxylic acids is 1.